The van der Waals surface area contributed by atoms with Gasteiger partial charge in [0.15, 0.2) is 0 Å². The number of thiazole rings is 1. The number of aromatic nitrogens is 9. The van der Waals surface area contributed by atoms with Crippen LogP contribution in [0.3, 0.4) is 0 Å². The fourth-order valence-corrected chi connectivity index (χ4v) is 7.14. The summed E-state index contributed by atoms with van der Waals surface area (Å²) < 4.78 is 18.9. The van der Waals surface area contributed by atoms with Crippen molar-refractivity contribution < 1.29 is 4.39 Å². The number of rotatable bonds is 7. The summed E-state index contributed by atoms with van der Waals surface area (Å²) in [6, 6.07) is 37.1. The molecule has 0 saturated carbocycles. The van der Waals surface area contributed by atoms with Crippen LogP contribution in [0.5, 0.6) is 0 Å². The Morgan fingerprint density at radius 1 is 0.516 bits per heavy atom. The van der Waals surface area contributed by atoms with Gasteiger partial charge < -0.3 is 8.80 Å². The zero-order valence-corrected chi connectivity index (χ0v) is 36.0. The highest BCUT2D eigenvalue weighted by atomic mass is 32.1. The van der Waals surface area contributed by atoms with Crippen molar-refractivity contribution in [3.8, 4) is 46.8 Å². The van der Waals surface area contributed by atoms with E-state index in [9.17, 15) is 4.39 Å². The Balaban J connectivity index is 0.000000133. The number of aryl methyl sites for hydroxylation is 4. The molecule has 0 aliphatic carbocycles. The van der Waals surface area contributed by atoms with E-state index in [0.29, 0.717) is 6.42 Å². The molecule has 10 rings (SSSR count). The molecule has 0 aliphatic heterocycles. The van der Waals surface area contributed by atoms with Gasteiger partial charge in [0, 0.05) is 87.3 Å². The van der Waals surface area contributed by atoms with Crippen molar-refractivity contribution in [2.75, 3.05) is 0 Å². The van der Waals surface area contributed by atoms with Crippen molar-refractivity contribution in [1.82, 2.24) is 43.1 Å². The van der Waals surface area contributed by atoms with Gasteiger partial charge >= 0.3 is 0 Å². The van der Waals surface area contributed by atoms with Crippen LogP contribution >= 0.6 is 11.3 Å². The molecule has 11 heteroatoms. The van der Waals surface area contributed by atoms with Crippen LogP contribution in [0.25, 0.3) is 28.2 Å². The van der Waals surface area contributed by atoms with E-state index in [4.69, 9.17) is 4.98 Å². The van der Waals surface area contributed by atoms with Gasteiger partial charge in [-0.3, -0.25) is 4.40 Å². The first kappa shape index (κ1) is 42.5. The summed E-state index contributed by atoms with van der Waals surface area (Å²) >= 11 is 1.63. The third-order valence-electron chi connectivity index (χ3n) is 9.61. The fourth-order valence-electron chi connectivity index (χ4n) is 6.60. The number of nitrogens with zero attached hydrogens (tertiary/aromatic N) is 9. The van der Waals surface area contributed by atoms with E-state index in [0.717, 1.165) is 93.9 Å². The van der Waals surface area contributed by atoms with Crippen molar-refractivity contribution in [2.45, 2.75) is 45.4 Å². The van der Waals surface area contributed by atoms with E-state index in [1.807, 2.05) is 95.8 Å². The molecule has 0 saturated heterocycles. The number of fused-ring (bicyclic) bond motifs is 3. The van der Waals surface area contributed by atoms with E-state index in [2.05, 4.69) is 114 Å². The maximum Gasteiger partial charge on any atom is 0.139 e. The molecular weight excluding hydrogens is 814 g/mol. The highest BCUT2D eigenvalue weighted by Crippen LogP contribution is 2.21. The number of halogens is 1. The first-order chi connectivity index (χ1) is 31.5. The van der Waals surface area contributed by atoms with E-state index in [1.54, 1.807) is 34.2 Å². The second-order valence-electron chi connectivity index (χ2n) is 14.4. The molecule has 64 heavy (non-hydrogen) atoms. The van der Waals surface area contributed by atoms with Crippen LogP contribution in [-0.2, 0) is 19.3 Å². The molecule has 9 heterocycles. The highest BCUT2D eigenvalue weighted by molar-refractivity contribution is 7.09. The summed E-state index contributed by atoms with van der Waals surface area (Å²) in [4.78, 5) is 26.3. The minimum absolute atomic E-state index is 0.267. The molecule has 1 aromatic carbocycles. The molecule has 9 aromatic heterocycles. The van der Waals surface area contributed by atoms with Crippen LogP contribution in [0.2, 0.25) is 0 Å². The van der Waals surface area contributed by atoms with Gasteiger partial charge in [-0.15, -0.1) is 11.3 Å². The summed E-state index contributed by atoms with van der Waals surface area (Å²) in [6.07, 6.45) is 17.6. The normalized spacial score (nSPS) is 10.3. The molecule has 312 valence electrons. The van der Waals surface area contributed by atoms with Crippen molar-refractivity contribution in [3.05, 3.63) is 209 Å². The Kier molecular flexibility index (Phi) is 14.3. The van der Waals surface area contributed by atoms with Crippen LogP contribution < -0.4 is 0 Å². The molecule has 0 radical (unpaired) electrons. The molecule has 0 atom stereocenters. The number of hydrogen-bond donors (Lipinski definition) is 0. The summed E-state index contributed by atoms with van der Waals surface area (Å²) in [5.41, 5.74) is 10.5. The molecule has 0 bridgehead atoms. The Morgan fingerprint density at radius 3 is 1.72 bits per heavy atom. The third-order valence-corrected chi connectivity index (χ3v) is 10.4. The van der Waals surface area contributed by atoms with Gasteiger partial charge in [-0.1, -0.05) is 72.4 Å². The minimum Gasteiger partial charge on any atom is -0.307 e. The second-order valence-corrected chi connectivity index (χ2v) is 15.4. The number of pyridine rings is 5. The molecule has 0 aliphatic rings. The number of hydrogen-bond acceptors (Lipinski definition) is 7. The van der Waals surface area contributed by atoms with Crippen molar-refractivity contribution in [3.63, 3.8) is 0 Å². The zero-order chi connectivity index (χ0) is 43.8. The predicted molar refractivity (Wildman–Crippen MR) is 252 cm³/mol. The lowest BCUT2D eigenvalue weighted by Gasteiger charge is -2.04. The Morgan fingerprint density at radius 2 is 1.09 bits per heavy atom. The largest absolute Gasteiger partial charge is 0.307 e. The third kappa shape index (κ3) is 12.0. The molecule has 9 nitrogen and oxygen atoms in total. The second kappa shape index (κ2) is 21.6. The zero-order valence-electron chi connectivity index (χ0n) is 35.1. The van der Waals surface area contributed by atoms with Gasteiger partial charge in [-0.05, 0) is 90.9 Å². The van der Waals surface area contributed by atoms with Crippen LogP contribution in [0.1, 0.15) is 58.4 Å². The van der Waals surface area contributed by atoms with Crippen molar-refractivity contribution >= 4 is 28.3 Å². The van der Waals surface area contributed by atoms with Crippen molar-refractivity contribution in [1.29, 1.82) is 0 Å². The average molecular weight is 856 g/mol. The predicted octanol–water partition coefficient (Wildman–Crippen LogP) is 10.3. The molecule has 0 spiro atoms. The van der Waals surface area contributed by atoms with E-state index in [-0.39, 0.29) is 5.82 Å². The first-order valence-corrected chi connectivity index (χ1v) is 21.7. The summed E-state index contributed by atoms with van der Waals surface area (Å²) in [7, 11) is 0. The van der Waals surface area contributed by atoms with Gasteiger partial charge in [0.05, 0.1) is 27.8 Å². The molecular formula is C53H42FN9S. The molecule has 0 unspecified atom stereocenters. The van der Waals surface area contributed by atoms with Gasteiger partial charge in [-0.25, -0.2) is 34.3 Å². The quantitative estimate of drug-likeness (QED) is 0.148. The summed E-state index contributed by atoms with van der Waals surface area (Å²) in [6.45, 7) is 1.99. The van der Waals surface area contributed by atoms with Gasteiger partial charge in [-0.2, -0.15) is 0 Å². The lowest BCUT2D eigenvalue weighted by atomic mass is 10.1. The Hall–Kier alpha value is -8.17. The van der Waals surface area contributed by atoms with Crippen molar-refractivity contribution in [2.24, 2.45) is 0 Å². The lowest BCUT2D eigenvalue weighted by Crippen LogP contribution is -1.89. The Bertz CT molecular complexity index is 3250. The summed E-state index contributed by atoms with van der Waals surface area (Å²) in [5.74, 6) is 18.3. The molecule has 0 fully saturated rings. The number of imidazole rings is 3. The van der Waals surface area contributed by atoms with Gasteiger partial charge in [0.1, 0.15) is 39.8 Å². The maximum atomic E-state index is 13.1. The first-order valence-electron chi connectivity index (χ1n) is 20.8. The van der Waals surface area contributed by atoms with E-state index in [1.165, 1.54) is 17.8 Å². The smallest absolute Gasteiger partial charge is 0.139 e. The molecule has 0 amide bonds. The monoisotopic (exact) mass is 855 g/mol. The van der Waals surface area contributed by atoms with E-state index < -0.39 is 0 Å². The topological polar surface area (TPSA) is 90.6 Å². The van der Waals surface area contributed by atoms with Crippen LogP contribution in [-0.4, -0.2) is 43.1 Å². The highest BCUT2D eigenvalue weighted by Gasteiger charge is 2.07. The van der Waals surface area contributed by atoms with Gasteiger partial charge in [0.2, 0.25) is 0 Å². The van der Waals surface area contributed by atoms with E-state index >= 15 is 0 Å². The fraction of sp³-hybridized carbons (Fsp3) is 0.132. The number of benzene rings is 1. The molecule has 0 N–H and O–H groups in total. The van der Waals surface area contributed by atoms with Crippen LogP contribution in [0.4, 0.5) is 4.39 Å². The average Bonchev–Trinajstić information content (AvgIpc) is 4.15. The lowest BCUT2D eigenvalue weighted by molar-refractivity contribution is 0.619. The van der Waals surface area contributed by atoms with Gasteiger partial charge in [0.25, 0.3) is 0 Å². The standard InChI is InChI=1S/C22H17N3.C16H12FN3.C15H13N3S/c1-2-9-18(10-3-1)21-14-8-15-22-24-20(17-25(21)22)13-5-4-11-19-12-6-7-16-23-19;17-13-8-9-16-19-15(12-20(16)11-13)7-2-1-5-14-6-3-4-10-18-14;1-12-16-14(11-19-12)7-3-2-6-13-10-18-9-5-4-8-15(18)17-13/h1-3,6-10,12,14-17H,5,13H2;3-4,6,8-12H,2,7H2;4-5,8-11H,2,6H2,1H3. The Labute approximate surface area is 375 Å². The summed E-state index contributed by atoms with van der Waals surface area (Å²) in [5, 5.41) is 3.05. The van der Waals surface area contributed by atoms with Crippen LogP contribution in [0, 0.1) is 48.3 Å². The molecule has 10 aromatic rings. The SMILES string of the molecule is C(#Cc1ccccn1)CCc1cn2c(-c3ccccc3)cccc2n1.Cc1nc(C#CCCc2cn3ccccc3n2)cs1.Fc1ccc2nc(CCC#Cc3ccccn3)cn2c1. The minimum atomic E-state index is -0.267. The maximum absolute atomic E-state index is 13.1. The van der Waals surface area contributed by atoms with Crippen LogP contribution in [0.15, 0.2) is 164 Å².